The number of likely N-dealkylation sites (tertiary alicyclic amines) is 1. The van der Waals surface area contributed by atoms with Gasteiger partial charge in [0, 0.05) is 26.1 Å². The molecule has 5 rings (SSSR count). The molecule has 2 fully saturated rings. The number of nitrogens with zero attached hydrogens (tertiary/aromatic N) is 4. The first-order valence-electron chi connectivity index (χ1n) is 10.8. The predicted octanol–water partition coefficient (Wildman–Crippen LogP) is 2.79. The van der Waals surface area contributed by atoms with E-state index in [-0.39, 0.29) is 17.1 Å². The van der Waals surface area contributed by atoms with E-state index < -0.39 is 0 Å². The molecule has 1 saturated carbocycles. The quantitative estimate of drug-likeness (QED) is 0.843. The predicted molar refractivity (Wildman–Crippen MR) is 107 cm³/mol. The molecule has 0 bridgehead atoms. The topological polar surface area (TPSA) is 63.1 Å². The van der Waals surface area contributed by atoms with Gasteiger partial charge in [-0.05, 0) is 74.2 Å². The highest BCUT2D eigenvalue weighted by molar-refractivity contribution is 5.90. The summed E-state index contributed by atoms with van der Waals surface area (Å²) in [7, 11) is 0. The van der Waals surface area contributed by atoms with E-state index in [4.69, 9.17) is 0 Å². The van der Waals surface area contributed by atoms with Crippen molar-refractivity contribution in [1.29, 1.82) is 0 Å². The number of aryl methyl sites for hydroxylation is 1. The zero-order valence-electron chi connectivity index (χ0n) is 16.7. The Balaban J connectivity index is 1.22. The maximum absolute atomic E-state index is 13.1. The van der Waals surface area contributed by atoms with Crippen molar-refractivity contribution in [1.82, 2.24) is 25.0 Å². The van der Waals surface area contributed by atoms with Crippen LogP contribution in [-0.4, -0.2) is 45.2 Å². The van der Waals surface area contributed by atoms with Gasteiger partial charge >= 0.3 is 0 Å². The molecular formula is C22H28FN5O. The van der Waals surface area contributed by atoms with Crippen LogP contribution in [0.5, 0.6) is 0 Å². The monoisotopic (exact) mass is 397 g/mol. The number of hydrogen-bond donors (Lipinski definition) is 1. The van der Waals surface area contributed by atoms with E-state index in [9.17, 15) is 9.18 Å². The van der Waals surface area contributed by atoms with Crippen LogP contribution >= 0.6 is 0 Å². The minimum atomic E-state index is -0.185. The smallest absolute Gasteiger partial charge is 0.289 e. The maximum atomic E-state index is 13.1. The second-order valence-electron chi connectivity index (χ2n) is 9.08. The highest BCUT2D eigenvalue weighted by Gasteiger charge is 2.40. The van der Waals surface area contributed by atoms with Crippen LogP contribution < -0.4 is 5.32 Å². The highest BCUT2D eigenvalue weighted by atomic mass is 19.1. The minimum Gasteiger partial charge on any atom is -0.349 e. The lowest BCUT2D eigenvalue weighted by Crippen LogP contribution is -2.44. The van der Waals surface area contributed by atoms with Gasteiger partial charge in [-0.1, -0.05) is 12.1 Å². The standard InChI is InChI=1S/C22H28FN5O/c23-18-5-3-17(4-6-18)14-27-11-9-22(10-12-27)8-7-19-25-26-20(28(19)15-22)21(29)24-13-16-1-2-16/h3-6,16H,1-2,7-15H2,(H,24,29). The van der Waals surface area contributed by atoms with E-state index in [0.29, 0.717) is 11.7 Å². The van der Waals surface area contributed by atoms with E-state index in [0.717, 1.165) is 69.8 Å². The zero-order chi connectivity index (χ0) is 19.8. The molecule has 1 spiro atoms. The SMILES string of the molecule is O=C(NCC1CC1)c1nnc2n1CC1(CC2)CCN(Cc2ccc(F)cc2)CC1. The van der Waals surface area contributed by atoms with Crippen molar-refractivity contribution >= 4 is 5.91 Å². The normalized spacial score (nSPS) is 21.1. The molecule has 0 atom stereocenters. The van der Waals surface area contributed by atoms with Gasteiger partial charge in [-0.2, -0.15) is 0 Å². The minimum absolute atomic E-state index is 0.0820. The molecule has 7 heteroatoms. The van der Waals surface area contributed by atoms with Crippen LogP contribution in [0.4, 0.5) is 4.39 Å². The number of fused-ring (bicyclic) bond motifs is 1. The summed E-state index contributed by atoms with van der Waals surface area (Å²) < 4.78 is 15.2. The van der Waals surface area contributed by atoms with E-state index in [2.05, 4.69) is 25.0 Å². The van der Waals surface area contributed by atoms with Gasteiger partial charge in [0.1, 0.15) is 11.6 Å². The molecule has 154 valence electrons. The van der Waals surface area contributed by atoms with Crippen LogP contribution in [-0.2, 0) is 19.5 Å². The molecule has 1 N–H and O–H groups in total. The number of hydrogen-bond acceptors (Lipinski definition) is 4. The van der Waals surface area contributed by atoms with Crippen molar-refractivity contribution in [2.45, 2.75) is 51.6 Å². The van der Waals surface area contributed by atoms with E-state index >= 15 is 0 Å². The fraction of sp³-hybridized carbons (Fsp3) is 0.591. The summed E-state index contributed by atoms with van der Waals surface area (Å²) in [4.78, 5) is 15.0. The van der Waals surface area contributed by atoms with Gasteiger partial charge < -0.3 is 9.88 Å². The molecule has 1 aromatic carbocycles. The van der Waals surface area contributed by atoms with Gasteiger partial charge in [-0.25, -0.2) is 4.39 Å². The Hall–Kier alpha value is -2.28. The number of aromatic nitrogens is 3. The lowest BCUT2D eigenvalue weighted by atomic mass is 9.73. The lowest BCUT2D eigenvalue weighted by molar-refractivity contribution is 0.0618. The van der Waals surface area contributed by atoms with Gasteiger partial charge in [0.05, 0.1) is 0 Å². The van der Waals surface area contributed by atoms with Crippen molar-refractivity contribution in [2.24, 2.45) is 11.3 Å². The number of nitrogens with one attached hydrogen (secondary N) is 1. The lowest BCUT2D eigenvalue weighted by Gasteiger charge is -2.44. The van der Waals surface area contributed by atoms with Crippen molar-refractivity contribution in [2.75, 3.05) is 19.6 Å². The van der Waals surface area contributed by atoms with E-state index in [1.54, 1.807) is 0 Å². The number of halogens is 1. The molecule has 1 aromatic heterocycles. The first kappa shape index (κ1) is 18.7. The van der Waals surface area contributed by atoms with Crippen LogP contribution in [0, 0.1) is 17.2 Å². The summed E-state index contributed by atoms with van der Waals surface area (Å²) >= 11 is 0. The first-order chi connectivity index (χ1) is 14.1. The Morgan fingerprint density at radius 1 is 1.14 bits per heavy atom. The zero-order valence-corrected chi connectivity index (χ0v) is 16.7. The molecule has 3 heterocycles. The van der Waals surface area contributed by atoms with Gasteiger partial charge in [-0.3, -0.25) is 9.69 Å². The second-order valence-corrected chi connectivity index (χ2v) is 9.08. The summed E-state index contributed by atoms with van der Waals surface area (Å²) in [5.74, 6) is 1.81. The van der Waals surface area contributed by atoms with Gasteiger partial charge in [0.25, 0.3) is 5.91 Å². The largest absolute Gasteiger partial charge is 0.349 e. The van der Waals surface area contributed by atoms with Crippen molar-refractivity contribution in [3.05, 3.63) is 47.3 Å². The van der Waals surface area contributed by atoms with E-state index in [1.807, 2.05) is 12.1 Å². The molecule has 1 aliphatic carbocycles. The number of amides is 1. The molecule has 0 unspecified atom stereocenters. The van der Waals surface area contributed by atoms with Crippen LogP contribution in [0.15, 0.2) is 24.3 Å². The second kappa shape index (κ2) is 7.52. The Labute approximate surface area is 170 Å². The van der Waals surface area contributed by atoms with Gasteiger partial charge in [0.15, 0.2) is 0 Å². The molecule has 6 nitrogen and oxygen atoms in total. The van der Waals surface area contributed by atoms with E-state index in [1.165, 1.54) is 25.0 Å². The molecule has 2 aromatic rings. The Morgan fingerprint density at radius 2 is 1.90 bits per heavy atom. The van der Waals surface area contributed by atoms with Crippen molar-refractivity contribution in [3.63, 3.8) is 0 Å². The molecular weight excluding hydrogens is 369 g/mol. The fourth-order valence-corrected chi connectivity index (χ4v) is 4.73. The highest BCUT2D eigenvalue weighted by Crippen LogP contribution is 2.41. The van der Waals surface area contributed by atoms with Gasteiger partial charge in [0.2, 0.25) is 5.82 Å². The Morgan fingerprint density at radius 3 is 2.62 bits per heavy atom. The number of piperidine rings is 1. The Bertz CT molecular complexity index is 881. The molecule has 2 aliphatic heterocycles. The fourth-order valence-electron chi connectivity index (χ4n) is 4.73. The number of carbonyl (C=O) groups excluding carboxylic acids is 1. The third-order valence-electron chi connectivity index (χ3n) is 6.89. The summed E-state index contributed by atoms with van der Waals surface area (Å²) in [5, 5.41) is 11.5. The summed E-state index contributed by atoms with van der Waals surface area (Å²) in [6.07, 6.45) is 6.65. The average molecular weight is 397 g/mol. The molecule has 29 heavy (non-hydrogen) atoms. The third-order valence-corrected chi connectivity index (χ3v) is 6.89. The maximum Gasteiger partial charge on any atom is 0.289 e. The van der Waals surface area contributed by atoms with Crippen LogP contribution in [0.2, 0.25) is 0 Å². The molecule has 0 radical (unpaired) electrons. The van der Waals surface area contributed by atoms with Crippen molar-refractivity contribution < 1.29 is 9.18 Å². The molecule has 1 amide bonds. The average Bonchev–Trinajstić information content (AvgIpc) is 3.48. The summed E-state index contributed by atoms with van der Waals surface area (Å²) in [6.45, 7) is 4.51. The number of rotatable bonds is 5. The van der Waals surface area contributed by atoms with Gasteiger partial charge in [-0.15, -0.1) is 10.2 Å². The molecule has 1 saturated heterocycles. The number of benzene rings is 1. The third kappa shape index (κ3) is 4.06. The number of carbonyl (C=O) groups is 1. The summed E-state index contributed by atoms with van der Waals surface area (Å²) in [6, 6.07) is 6.81. The molecule has 3 aliphatic rings. The summed E-state index contributed by atoms with van der Waals surface area (Å²) in [5.41, 5.74) is 1.38. The van der Waals surface area contributed by atoms with Crippen molar-refractivity contribution in [3.8, 4) is 0 Å². The van der Waals surface area contributed by atoms with Crippen LogP contribution in [0.25, 0.3) is 0 Å². The Kier molecular flexibility index (Phi) is 4.86. The first-order valence-corrected chi connectivity index (χ1v) is 10.8. The van der Waals surface area contributed by atoms with Crippen LogP contribution in [0.1, 0.15) is 54.1 Å². The van der Waals surface area contributed by atoms with Crippen LogP contribution in [0.3, 0.4) is 0 Å².